The lowest BCUT2D eigenvalue weighted by Crippen LogP contribution is -2.40. The first-order chi connectivity index (χ1) is 15.4. The summed E-state index contributed by atoms with van der Waals surface area (Å²) < 4.78 is 14.3. The van der Waals surface area contributed by atoms with Gasteiger partial charge in [-0.25, -0.2) is 14.4 Å². The Morgan fingerprint density at radius 2 is 1.91 bits per heavy atom. The van der Waals surface area contributed by atoms with Crippen molar-refractivity contribution in [3.63, 3.8) is 0 Å². The fourth-order valence-corrected chi connectivity index (χ4v) is 4.60. The predicted octanol–water partition coefficient (Wildman–Crippen LogP) is 4.56. The van der Waals surface area contributed by atoms with Crippen LogP contribution in [0.3, 0.4) is 0 Å². The van der Waals surface area contributed by atoms with E-state index in [1.165, 1.54) is 6.07 Å². The second-order valence-electron chi connectivity index (χ2n) is 8.68. The van der Waals surface area contributed by atoms with Gasteiger partial charge in [0.2, 0.25) is 0 Å². The molecule has 0 bridgehead atoms. The van der Waals surface area contributed by atoms with E-state index >= 15 is 0 Å². The van der Waals surface area contributed by atoms with E-state index in [1.54, 1.807) is 12.3 Å². The van der Waals surface area contributed by atoms with Crippen LogP contribution in [0.25, 0.3) is 33.5 Å². The molecule has 5 rings (SSSR count). The van der Waals surface area contributed by atoms with Gasteiger partial charge in [-0.15, -0.1) is 0 Å². The zero-order chi connectivity index (χ0) is 22.4. The Morgan fingerprint density at radius 1 is 1.12 bits per heavy atom. The number of hydrogen-bond acceptors (Lipinski definition) is 5. The van der Waals surface area contributed by atoms with E-state index in [2.05, 4.69) is 14.9 Å². The van der Waals surface area contributed by atoms with Crippen molar-refractivity contribution in [3.05, 3.63) is 59.5 Å². The molecule has 2 aromatic carbocycles. The van der Waals surface area contributed by atoms with Crippen LogP contribution in [0.5, 0.6) is 0 Å². The number of aryl methyl sites for hydroxylation is 2. The number of imidazole rings is 1. The van der Waals surface area contributed by atoms with E-state index < -0.39 is 0 Å². The summed E-state index contributed by atoms with van der Waals surface area (Å²) >= 11 is 0. The molecule has 1 aliphatic heterocycles. The topological polar surface area (TPSA) is 96.8 Å². The fourth-order valence-electron chi connectivity index (χ4n) is 4.60. The van der Waals surface area contributed by atoms with Gasteiger partial charge in [0.1, 0.15) is 17.5 Å². The maximum Gasteiger partial charge on any atom is 0.144 e. The summed E-state index contributed by atoms with van der Waals surface area (Å²) in [5.41, 5.74) is 19.7. The van der Waals surface area contributed by atoms with E-state index in [4.69, 9.17) is 16.5 Å². The van der Waals surface area contributed by atoms with Gasteiger partial charge in [-0.2, -0.15) is 0 Å². The number of halogens is 1. The summed E-state index contributed by atoms with van der Waals surface area (Å²) in [5, 5.41) is 0. The van der Waals surface area contributed by atoms with Crippen LogP contribution >= 0.6 is 0 Å². The smallest absolute Gasteiger partial charge is 0.144 e. The van der Waals surface area contributed by atoms with Gasteiger partial charge in [0.05, 0.1) is 22.3 Å². The largest absolute Gasteiger partial charge is 0.383 e. The van der Waals surface area contributed by atoms with Crippen LogP contribution in [-0.4, -0.2) is 34.1 Å². The summed E-state index contributed by atoms with van der Waals surface area (Å²) in [6.45, 7) is 5.51. The molecule has 0 spiro atoms. The summed E-state index contributed by atoms with van der Waals surface area (Å²) in [6, 6.07) is 11.2. The van der Waals surface area contributed by atoms with Crippen LogP contribution in [0.1, 0.15) is 24.0 Å². The van der Waals surface area contributed by atoms with E-state index in [0.717, 1.165) is 70.5 Å². The molecule has 1 fully saturated rings. The highest BCUT2D eigenvalue weighted by Gasteiger charge is 2.26. The third-order valence-electron chi connectivity index (χ3n) is 6.25. The minimum absolute atomic E-state index is 0.183. The SMILES string of the molecule is Cc1cc(F)cc(-c2cnc(N)c(-c3nc4cccc(C)c4[nH]3)c2N2CCC(N)CC2)c1. The first kappa shape index (κ1) is 20.5. The lowest BCUT2D eigenvalue weighted by molar-refractivity contribution is 0.501. The molecule has 1 saturated heterocycles. The Morgan fingerprint density at radius 3 is 2.62 bits per heavy atom. The average Bonchev–Trinajstić information content (AvgIpc) is 3.18. The number of nitrogens with one attached hydrogen (secondary N) is 1. The maximum atomic E-state index is 14.3. The maximum absolute atomic E-state index is 14.3. The molecule has 1 aliphatic rings. The van der Waals surface area contributed by atoms with Gasteiger partial charge >= 0.3 is 0 Å². The highest BCUT2D eigenvalue weighted by molar-refractivity contribution is 5.96. The van der Waals surface area contributed by atoms with Crippen molar-refractivity contribution < 1.29 is 4.39 Å². The summed E-state index contributed by atoms with van der Waals surface area (Å²) in [7, 11) is 0. The number of benzene rings is 2. The first-order valence-electron chi connectivity index (χ1n) is 10.9. The minimum atomic E-state index is -0.274. The van der Waals surface area contributed by atoms with Gasteiger partial charge < -0.3 is 21.4 Å². The number of aromatic nitrogens is 3. The zero-order valence-corrected chi connectivity index (χ0v) is 18.3. The fraction of sp³-hybridized carbons (Fsp3) is 0.280. The van der Waals surface area contributed by atoms with Crippen LogP contribution in [0, 0.1) is 19.7 Å². The third-order valence-corrected chi connectivity index (χ3v) is 6.25. The number of pyridine rings is 1. The number of fused-ring (bicyclic) bond motifs is 1. The van der Waals surface area contributed by atoms with E-state index in [0.29, 0.717) is 11.6 Å². The highest BCUT2D eigenvalue weighted by Crippen LogP contribution is 2.43. The van der Waals surface area contributed by atoms with Crippen LogP contribution in [0.2, 0.25) is 0 Å². The first-order valence-corrected chi connectivity index (χ1v) is 10.9. The number of H-pyrrole nitrogens is 1. The quantitative estimate of drug-likeness (QED) is 0.443. The number of piperidine rings is 1. The number of para-hydroxylation sites is 1. The number of anilines is 2. The highest BCUT2D eigenvalue weighted by atomic mass is 19.1. The van der Waals surface area contributed by atoms with Gasteiger partial charge in [0.25, 0.3) is 0 Å². The molecule has 0 saturated carbocycles. The molecule has 0 atom stereocenters. The molecule has 6 nitrogen and oxygen atoms in total. The van der Waals surface area contributed by atoms with Crippen molar-refractivity contribution in [3.8, 4) is 22.5 Å². The molecule has 5 N–H and O–H groups in total. The Bertz CT molecular complexity index is 1280. The summed E-state index contributed by atoms with van der Waals surface area (Å²) in [4.78, 5) is 15.1. The van der Waals surface area contributed by atoms with Crippen LogP contribution in [0.15, 0.2) is 42.6 Å². The van der Waals surface area contributed by atoms with Crippen molar-refractivity contribution in [2.75, 3.05) is 23.7 Å². The lowest BCUT2D eigenvalue weighted by Gasteiger charge is -2.34. The number of hydrogen-bond donors (Lipinski definition) is 3. The summed E-state index contributed by atoms with van der Waals surface area (Å²) in [5.74, 6) is 0.784. The van der Waals surface area contributed by atoms with Crippen molar-refractivity contribution in [1.29, 1.82) is 0 Å². The zero-order valence-electron chi connectivity index (χ0n) is 18.3. The molecule has 0 amide bonds. The number of rotatable bonds is 3. The molecule has 164 valence electrons. The lowest BCUT2D eigenvalue weighted by atomic mass is 9.97. The molecular formula is C25H27FN6. The second kappa shape index (κ2) is 7.91. The standard InChI is InChI=1S/C25H27FN6/c1-14-10-16(12-17(26)11-14)19-13-29-24(28)21(23(19)32-8-6-18(27)7-9-32)25-30-20-5-3-4-15(2)22(20)31-25/h3-5,10-13,18H,6-9,27H2,1-2H3,(H2,28,29)(H,30,31). The molecular weight excluding hydrogens is 403 g/mol. The van der Waals surface area contributed by atoms with E-state index in [9.17, 15) is 4.39 Å². The van der Waals surface area contributed by atoms with Gasteiger partial charge in [0, 0.05) is 30.9 Å². The average molecular weight is 431 g/mol. The van der Waals surface area contributed by atoms with E-state index in [1.807, 2.05) is 38.1 Å². The summed E-state index contributed by atoms with van der Waals surface area (Å²) in [6.07, 6.45) is 3.50. The molecule has 32 heavy (non-hydrogen) atoms. The van der Waals surface area contributed by atoms with Crippen LogP contribution in [0.4, 0.5) is 15.9 Å². The molecule has 4 aromatic rings. The molecule has 2 aromatic heterocycles. The number of nitrogens with zero attached hydrogens (tertiary/aromatic N) is 3. The Hall–Kier alpha value is -3.45. The number of aromatic amines is 1. The van der Waals surface area contributed by atoms with Gasteiger partial charge in [-0.3, -0.25) is 0 Å². The van der Waals surface area contributed by atoms with Crippen molar-refractivity contribution in [2.45, 2.75) is 32.7 Å². The van der Waals surface area contributed by atoms with Crippen LogP contribution in [-0.2, 0) is 0 Å². The van der Waals surface area contributed by atoms with Crippen LogP contribution < -0.4 is 16.4 Å². The molecule has 3 heterocycles. The molecule has 0 radical (unpaired) electrons. The Kier molecular flexibility index (Phi) is 5.06. The number of nitrogen functional groups attached to an aromatic ring is 1. The Labute approximate surface area is 186 Å². The Balaban J connectivity index is 1.77. The van der Waals surface area contributed by atoms with Gasteiger partial charge in [0.15, 0.2) is 0 Å². The monoisotopic (exact) mass is 430 g/mol. The molecule has 7 heteroatoms. The predicted molar refractivity (Wildman–Crippen MR) is 128 cm³/mol. The van der Waals surface area contributed by atoms with Crippen molar-refractivity contribution >= 4 is 22.5 Å². The molecule has 0 unspecified atom stereocenters. The van der Waals surface area contributed by atoms with Crippen molar-refractivity contribution in [2.24, 2.45) is 5.73 Å². The molecule has 0 aliphatic carbocycles. The van der Waals surface area contributed by atoms with Gasteiger partial charge in [-0.1, -0.05) is 18.2 Å². The van der Waals surface area contributed by atoms with Gasteiger partial charge in [-0.05, 0) is 61.6 Å². The second-order valence-corrected chi connectivity index (χ2v) is 8.68. The van der Waals surface area contributed by atoms with Crippen molar-refractivity contribution in [1.82, 2.24) is 15.0 Å². The number of nitrogens with two attached hydrogens (primary N) is 2. The van der Waals surface area contributed by atoms with E-state index in [-0.39, 0.29) is 11.9 Å². The third kappa shape index (κ3) is 3.58. The normalized spacial score (nSPS) is 14.9. The minimum Gasteiger partial charge on any atom is -0.383 e.